The Kier molecular flexibility index (Phi) is 3.58. The molecule has 0 spiro atoms. The quantitative estimate of drug-likeness (QED) is 0.586. The Hall–Kier alpha value is -1.31. The molecule has 2 heteroatoms. The Morgan fingerprint density at radius 3 is 2.68 bits per heavy atom. The highest BCUT2D eigenvalue weighted by Gasteiger charge is 2.23. The average Bonchev–Trinajstić information content (AvgIpc) is 2.47. The molecule has 0 unspecified atom stereocenters. The number of ether oxygens (including phenoxy) is 1. The highest BCUT2D eigenvalue weighted by molar-refractivity contribution is 5.75. The lowest BCUT2D eigenvalue weighted by molar-refractivity contribution is -0.135. The molecule has 0 atom stereocenters. The summed E-state index contributed by atoms with van der Waals surface area (Å²) >= 11 is 0. The Labute approximate surface area is 115 Å². The van der Waals surface area contributed by atoms with Gasteiger partial charge in [-0.2, -0.15) is 0 Å². The summed E-state index contributed by atoms with van der Waals surface area (Å²) in [4.78, 5) is 11.3. The maximum absolute atomic E-state index is 11.3. The molecule has 1 heterocycles. The van der Waals surface area contributed by atoms with E-state index >= 15 is 0 Å². The van der Waals surface area contributed by atoms with E-state index in [0.717, 1.165) is 18.1 Å². The average molecular weight is 258 g/mol. The minimum Gasteiger partial charge on any atom is -0.426 e. The van der Waals surface area contributed by atoms with Crippen LogP contribution in [-0.4, -0.2) is 5.97 Å². The first-order valence-corrected chi connectivity index (χ1v) is 7.59. The van der Waals surface area contributed by atoms with Crippen LogP contribution >= 0.6 is 0 Å². The molecule has 0 saturated heterocycles. The molecule has 0 bridgehead atoms. The Morgan fingerprint density at radius 2 is 1.95 bits per heavy atom. The molecule has 1 aromatic carbocycles. The minimum absolute atomic E-state index is 0.0938. The predicted molar refractivity (Wildman–Crippen MR) is 75.4 cm³/mol. The fourth-order valence-corrected chi connectivity index (χ4v) is 3.46. The highest BCUT2D eigenvalue weighted by Crippen LogP contribution is 2.38. The van der Waals surface area contributed by atoms with E-state index in [0.29, 0.717) is 12.3 Å². The van der Waals surface area contributed by atoms with Crippen LogP contribution in [0.3, 0.4) is 0 Å². The number of carbonyl (C=O) groups excluding carboxylic acids is 1. The van der Waals surface area contributed by atoms with E-state index in [9.17, 15) is 4.79 Å². The Morgan fingerprint density at radius 1 is 1.16 bits per heavy atom. The topological polar surface area (TPSA) is 26.3 Å². The standard InChI is InChI=1S/C17H22O2/c1-2-12-3-5-13(6-4-12)14-7-9-16-15(11-14)8-10-17(18)19-16/h7,9,11-13H,2-6,8,10H2,1H3. The second-order valence-electron chi connectivity index (χ2n) is 5.97. The van der Waals surface area contributed by atoms with E-state index in [4.69, 9.17) is 4.74 Å². The SMILES string of the molecule is CCC1CCC(c2ccc3c(c2)CCC(=O)O3)CC1. The van der Waals surface area contributed by atoms with Crippen LogP contribution in [0.25, 0.3) is 0 Å². The number of carbonyl (C=O) groups is 1. The number of hydrogen-bond donors (Lipinski definition) is 0. The predicted octanol–water partition coefficient (Wildman–Crippen LogP) is 4.22. The van der Waals surface area contributed by atoms with Gasteiger partial charge >= 0.3 is 5.97 Å². The van der Waals surface area contributed by atoms with Gasteiger partial charge in [0, 0.05) is 0 Å². The lowest BCUT2D eigenvalue weighted by atomic mass is 9.77. The molecule has 3 rings (SSSR count). The van der Waals surface area contributed by atoms with Crippen LogP contribution in [0.15, 0.2) is 18.2 Å². The fraction of sp³-hybridized carbons (Fsp3) is 0.588. The number of benzene rings is 1. The second-order valence-corrected chi connectivity index (χ2v) is 5.97. The Balaban J connectivity index is 1.74. The van der Waals surface area contributed by atoms with Gasteiger partial charge in [0.15, 0.2) is 0 Å². The molecular formula is C17H22O2. The first kappa shape index (κ1) is 12.7. The summed E-state index contributed by atoms with van der Waals surface area (Å²) in [5.74, 6) is 2.34. The van der Waals surface area contributed by atoms with E-state index in [1.54, 1.807) is 0 Å². The molecule has 102 valence electrons. The van der Waals surface area contributed by atoms with Crippen molar-refractivity contribution in [2.75, 3.05) is 0 Å². The molecule has 0 radical (unpaired) electrons. The molecule has 1 aliphatic carbocycles. The molecule has 0 amide bonds. The maximum atomic E-state index is 11.3. The van der Waals surface area contributed by atoms with E-state index in [2.05, 4.69) is 19.1 Å². The van der Waals surface area contributed by atoms with Gasteiger partial charge in [-0.1, -0.05) is 25.5 Å². The van der Waals surface area contributed by atoms with Gasteiger partial charge in [-0.05, 0) is 61.1 Å². The van der Waals surface area contributed by atoms with Gasteiger partial charge in [0.1, 0.15) is 5.75 Å². The Bertz CT molecular complexity index is 470. The van der Waals surface area contributed by atoms with Crippen LogP contribution in [0, 0.1) is 5.92 Å². The first-order valence-electron chi connectivity index (χ1n) is 7.59. The maximum Gasteiger partial charge on any atom is 0.311 e. The van der Waals surface area contributed by atoms with Crippen molar-refractivity contribution in [1.29, 1.82) is 0 Å². The lowest BCUT2D eigenvalue weighted by Gasteiger charge is -2.29. The van der Waals surface area contributed by atoms with Crippen LogP contribution in [0.2, 0.25) is 0 Å². The largest absolute Gasteiger partial charge is 0.426 e. The summed E-state index contributed by atoms with van der Waals surface area (Å²) < 4.78 is 5.27. The van der Waals surface area contributed by atoms with Gasteiger partial charge in [-0.3, -0.25) is 4.79 Å². The normalized spacial score (nSPS) is 26.7. The van der Waals surface area contributed by atoms with Crippen molar-refractivity contribution in [2.45, 2.75) is 57.8 Å². The smallest absolute Gasteiger partial charge is 0.311 e. The number of rotatable bonds is 2. The van der Waals surface area contributed by atoms with Crippen molar-refractivity contribution in [3.05, 3.63) is 29.3 Å². The molecule has 0 N–H and O–H groups in total. The van der Waals surface area contributed by atoms with Crippen molar-refractivity contribution in [3.8, 4) is 5.75 Å². The van der Waals surface area contributed by atoms with Crippen LogP contribution in [0.5, 0.6) is 5.75 Å². The van der Waals surface area contributed by atoms with Gasteiger partial charge in [0.2, 0.25) is 0 Å². The summed E-state index contributed by atoms with van der Waals surface area (Å²) in [5, 5.41) is 0. The van der Waals surface area contributed by atoms with Crippen LogP contribution < -0.4 is 4.74 Å². The third-order valence-corrected chi connectivity index (χ3v) is 4.80. The zero-order chi connectivity index (χ0) is 13.2. The van der Waals surface area contributed by atoms with Crippen molar-refractivity contribution in [3.63, 3.8) is 0 Å². The van der Waals surface area contributed by atoms with Gasteiger partial charge < -0.3 is 4.74 Å². The summed E-state index contributed by atoms with van der Waals surface area (Å²) in [6, 6.07) is 6.43. The third kappa shape index (κ3) is 2.68. The van der Waals surface area contributed by atoms with Gasteiger partial charge in [-0.15, -0.1) is 0 Å². The second kappa shape index (κ2) is 5.36. The van der Waals surface area contributed by atoms with E-state index in [-0.39, 0.29) is 5.97 Å². The first-order chi connectivity index (χ1) is 9.26. The monoisotopic (exact) mass is 258 g/mol. The molecule has 1 fully saturated rings. The van der Waals surface area contributed by atoms with E-state index < -0.39 is 0 Å². The van der Waals surface area contributed by atoms with E-state index in [1.807, 2.05) is 6.07 Å². The van der Waals surface area contributed by atoms with Crippen molar-refractivity contribution in [1.82, 2.24) is 0 Å². The zero-order valence-corrected chi connectivity index (χ0v) is 11.7. The van der Waals surface area contributed by atoms with Crippen molar-refractivity contribution in [2.24, 2.45) is 5.92 Å². The molecule has 0 aromatic heterocycles. The molecule has 19 heavy (non-hydrogen) atoms. The molecular weight excluding hydrogens is 236 g/mol. The summed E-state index contributed by atoms with van der Waals surface area (Å²) in [7, 11) is 0. The number of fused-ring (bicyclic) bond motifs is 1. The van der Waals surface area contributed by atoms with Gasteiger partial charge in [0.05, 0.1) is 6.42 Å². The van der Waals surface area contributed by atoms with E-state index in [1.165, 1.54) is 43.2 Å². The van der Waals surface area contributed by atoms with Crippen LogP contribution in [0.4, 0.5) is 0 Å². The fourth-order valence-electron chi connectivity index (χ4n) is 3.46. The van der Waals surface area contributed by atoms with Crippen molar-refractivity contribution < 1.29 is 9.53 Å². The highest BCUT2D eigenvalue weighted by atomic mass is 16.5. The number of hydrogen-bond acceptors (Lipinski definition) is 2. The minimum atomic E-state index is -0.0938. The molecule has 2 aliphatic rings. The number of esters is 1. The summed E-state index contributed by atoms with van der Waals surface area (Å²) in [6.07, 6.45) is 8.06. The van der Waals surface area contributed by atoms with Gasteiger partial charge in [0.25, 0.3) is 0 Å². The van der Waals surface area contributed by atoms with Crippen LogP contribution in [-0.2, 0) is 11.2 Å². The third-order valence-electron chi connectivity index (χ3n) is 4.80. The van der Waals surface area contributed by atoms with Gasteiger partial charge in [-0.25, -0.2) is 0 Å². The lowest BCUT2D eigenvalue weighted by Crippen LogP contribution is -2.17. The van der Waals surface area contributed by atoms with Crippen LogP contribution in [0.1, 0.15) is 62.5 Å². The number of aryl methyl sites for hydroxylation is 1. The molecule has 2 nitrogen and oxygen atoms in total. The summed E-state index contributed by atoms with van der Waals surface area (Å²) in [5.41, 5.74) is 2.67. The molecule has 1 aromatic rings. The zero-order valence-electron chi connectivity index (χ0n) is 11.7. The summed E-state index contributed by atoms with van der Waals surface area (Å²) in [6.45, 7) is 2.30. The molecule has 1 aliphatic heterocycles. The molecule has 1 saturated carbocycles. The van der Waals surface area contributed by atoms with Crippen molar-refractivity contribution >= 4 is 5.97 Å².